The lowest BCUT2D eigenvalue weighted by atomic mass is 10.2. The fraction of sp³-hybridized carbons (Fsp3) is 0.176. The molecule has 2 aromatic rings. The van der Waals surface area contributed by atoms with E-state index in [2.05, 4.69) is 10.6 Å². The van der Waals surface area contributed by atoms with Crippen LogP contribution >= 0.6 is 11.6 Å². The Kier molecular flexibility index (Phi) is 6.00. The molecule has 0 atom stereocenters. The van der Waals surface area contributed by atoms with Gasteiger partial charge in [0.2, 0.25) is 5.91 Å². The van der Waals surface area contributed by atoms with Gasteiger partial charge >= 0.3 is 5.97 Å². The SMILES string of the molecule is CCOC(=O)c1ccc(NCC(=O)Nc2ccc(Cl)cc2)cc1. The summed E-state index contributed by atoms with van der Waals surface area (Å²) < 4.78 is 4.91. The molecule has 0 spiro atoms. The minimum atomic E-state index is -0.362. The molecule has 2 aromatic carbocycles. The molecule has 0 aliphatic heterocycles. The van der Waals surface area contributed by atoms with Gasteiger partial charge in [-0.1, -0.05) is 11.6 Å². The van der Waals surface area contributed by atoms with Gasteiger partial charge in [-0.15, -0.1) is 0 Å². The van der Waals surface area contributed by atoms with Crippen molar-refractivity contribution in [1.29, 1.82) is 0 Å². The van der Waals surface area contributed by atoms with Crippen LogP contribution in [0, 0.1) is 0 Å². The number of hydrogen-bond acceptors (Lipinski definition) is 4. The number of carbonyl (C=O) groups is 2. The molecule has 0 heterocycles. The van der Waals surface area contributed by atoms with Gasteiger partial charge in [-0.2, -0.15) is 0 Å². The molecule has 0 aliphatic carbocycles. The van der Waals surface area contributed by atoms with Crippen LogP contribution in [0.3, 0.4) is 0 Å². The summed E-state index contributed by atoms with van der Waals surface area (Å²) in [6.07, 6.45) is 0. The maximum absolute atomic E-state index is 11.9. The Morgan fingerprint density at radius 1 is 1.00 bits per heavy atom. The zero-order chi connectivity index (χ0) is 16.7. The smallest absolute Gasteiger partial charge is 0.338 e. The lowest BCUT2D eigenvalue weighted by molar-refractivity contribution is -0.114. The average molecular weight is 333 g/mol. The molecule has 0 radical (unpaired) electrons. The topological polar surface area (TPSA) is 67.4 Å². The first kappa shape index (κ1) is 16.8. The minimum absolute atomic E-state index is 0.112. The van der Waals surface area contributed by atoms with Crippen molar-refractivity contribution in [3.05, 3.63) is 59.1 Å². The van der Waals surface area contributed by atoms with Gasteiger partial charge in [0.25, 0.3) is 0 Å². The highest BCUT2D eigenvalue weighted by atomic mass is 35.5. The summed E-state index contributed by atoms with van der Waals surface area (Å²) in [6, 6.07) is 13.6. The van der Waals surface area contributed by atoms with E-state index in [4.69, 9.17) is 16.3 Å². The number of amides is 1. The molecule has 5 nitrogen and oxygen atoms in total. The van der Waals surface area contributed by atoms with E-state index in [0.29, 0.717) is 22.9 Å². The molecule has 2 rings (SSSR count). The standard InChI is InChI=1S/C17H17ClN2O3/c1-2-23-17(22)12-3-7-14(8-4-12)19-11-16(21)20-15-9-5-13(18)6-10-15/h3-10,19H,2,11H2,1H3,(H,20,21). The molecule has 0 bridgehead atoms. The van der Waals surface area contributed by atoms with Crippen LogP contribution in [0.15, 0.2) is 48.5 Å². The number of esters is 1. The minimum Gasteiger partial charge on any atom is -0.462 e. The third kappa shape index (κ3) is 5.30. The number of carbonyl (C=O) groups excluding carboxylic acids is 2. The molecule has 2 N–H and O–H groups in total. The highest BCUT2D eigenvalue weighted by molar-refractivity contribution is 6.30. The molecule has 0 aromatic heterocycles. The summed E-state index contributed by atoms with van der Waals surface area (Å²) in [5.74, 6) is -0.540. The van der Waals surface area contributed by atoms with Crippen LogP contribution in [0.4, 0.5) is 11.4 Å². The number of nitrogens with one attached hydrogen (secondary N) is 2. The summed E-state index contributed by atoms with van der Waals surface area (Å²) in [5, 5.41) is 6.35. The molecule has 23 heavy (non-hydrogen) atoms. The van der Waals surface area contributed by atoms with Crippen LogP contribution in [0.1, 0.15) is 17.3 Å². The summed E-state index contributed by atoms with van der Waals surface area (Å²) in [7, 11) is 0. The number of rotatable bonds is 6. The quantitative estimate of drug-likeness (QED) is 0.794. The second-order valence-corrected chi connectivity index (χ2v) is 5.14. The Bertz CT molecular complexity index is 669. The molecule has 0 unspecified atom stereocenters. The van der Waals surface area contributed by atoms with Crippen LogP contribution < -0.4 is 10.6 Å². The number of halogens is 1. The van der Waals surface area contributed by atoms with Gasteiger partial charge in [0, 0.05) is 16.4 Å². The molecule has 6 heteroatoms. The van der Waals surface area contributed by atoms with E-state index >= 15 is 0 Å². The van der Waals surface area contributed by atoms with Crippen LogP contribution in [-0.2, 0) is 9.53 Å². The maximum atomic E-state index is 11.9. The van der Waals surface area contributed by atoms with E-state index in [1.807, 2.05) is 0 Å². The van der Waals surface area contributed by atoms with Crippen molar-refractivity contribution >= 4 is 34.9 Å². The van der Waals surface area contributed by atoms with Crippen molar-refractivity contribution in [2.24, 2.45) is 0 Å². The van der Waals surface area contributed by atoms with E-state index in [1.54, 1.807) is 55.5 Å². The van der Waals surface area contributed by atoms with Crippen LogP contribution in [0.25, 0.3) is 0 Å². The van der Waals surface area contributed by atoms with Crippen molar-refractivity contribution in [3.63, 3.8) is 0 Å². The molecular weight excluding hydrogens is 316 g/mol. The first-order chi connectivity index (χ1) is 11.1. The van der Waals surface area contributed by atoms with Crippen molar-refractivity contribution < 1.29 is 14.3 Å². The third-order valence-electron chi connectivity index (χ3n) is 2.98. The molecule has 1 amide bonds. The second kappa shape index (κ2) is 8.19. The molecule has 0 fully saturated rings. The Morgan fingerprint density at radius 2 is 1.61 bits per heavy atom. The Morgan fingerprint density at radius 3 is 2.22 bits per heavy atom. The largest absolute Gasteiger partial charge is 0.462 e. The van der Waals surface area contributed by atoms with Crippen molar-refractivity contribution in [3.8, 4) is 0 Å². The molecule has 120 valence electrons. The van der Waals surface area contributed by atoms with E-state index in [0.717, 1.165) is 5.69 Å². The zero-order valence-electron chi connectivity index (χ0n) is 12.6. The zero-order valence-corrected chi connectivity index (χ0v) is 13.4. The normalized spacial score (nSPS) is 10.0. The maximum Gasteiger partial charge on any atom is 0.338 e. The average Bonchev–Trinajstić information content (AvgIpc) is 2.56. The molecular formula is C17H17ClN2O3. The van der Waals surface area contributed by atoms with Gasteiger partial charge in [0.15, 0.2) is 0 Å². The van der Waals surface area contributed by atoms with Crippen LogP contribution in [-0.4, -0.2) is 25.0 Å². The first-order valence-corrected chi connectivity index (χ1v) is 7.52. The van der Waals surface area contributed by atoms with E-state index < -0.39 is 0 Å². The summed E-state index contributed by atoms with van der Waals surface area (Å²) in [6.45, 7) is 2.21. The van der Waals surface area contributed by atoms with Gasteiger partial charge in [-0.05, 0) is 55.5 Å². The van der Waals surface area contributed by atoms with Crippen LogP contribution in [0.5, 0.6) is 0 Å². The van der Waals surface area contributed by atoms with Gasteiger partial charge in [0.05, 0.1) is 18.7 Å². The van der Waals surface area contributed by atoms with Crippen molar-refractivity contribution in [2.75, 3.05) is 23.8 Å². The molecule has 0 saturated carbocycles. The lowest BCUT2D eigenvalue weighted by Crippen LogP contribution is -2.21. The Balaban J connectivity index is 1.84. The summed E-state index contributed by atoms with van der Waals surface area (Å²) >= 11 is 5.79. The van der Waals surface area contributed by atoms with E-state index in [-0.39, 0.29) is 18.4 Å². The third-order valence-corrected chi connectivity index (χ3v) is 3.23. The Labute approximate surface area is 139 Å². The molecule has 0 saturated heterocycles. The van der Waals surface area contributed by atoms with Gasteiger partial charge < -0.3 is 15.4 Å². The second-order valence-electron chi connectivity index (χ2n) is 4.71. The van der Waals surface area contributed by atoms with Crippen molar-refractivity contribution in [1.82, 2.24) is 0 Å². The Hall–Kier alpha value is -2.53. The molecule has 0 aliphatic rings. The highest BCUT2D eigenvalue weighted by Gasteiger charge is 2.06. The number of benzene rings is 2. The monoisotopic (exact) mass is 332 g/mol. The first-order valence-electron chi connectivity index (χ1n) is 7.15. The van der Waals surface area contributed by atoms with Crippen molar-refractivity contribution in [2.45, 2.75) is 6.92 Å². The fourth-order valence-electron chi connectivity index (χ4n) is 1.86. The van der Waals surface area contributed by atoms with E-state index in [1.165, 1.54) is 0 Å². The summed E-state index contributed by atoms with van der Waals surface area (Å²) in [4.78, 5) is 23.4. The number of hydrogen-bond donors (Lipinski definition) is 2. The van der Waals surface area contributed by atoms with Crippen LogP contribution in [0.2, 0.25) is 5.02 Å². The predicted molar refractivity (Wildman–Crippen MR) is 91.0 cm³/mol. The summed E-state index contributed by atoms with van der Waals surface area (Å²) in [5.41, 5.74) is 1.89. The number of anilines is 2. The van der Waals surface area contributed by atoms with Gasteiger partial charge in [-0.3, -0.25) is 4.79 Å². The highest BCUT2D eigenvalue weighted by Crippen LogP contribution is 2.14. The number of ether oxygens (including phenoxy) is 1. The van der Waals surface area contributed by atoms with Gasteiger partial charge in [-0.25, -0.2) is 4.79 Å². The van der Waals surface area contributed by atoms with Gasteiger partial charge in [0.1, 0.15) is 0 Å². The predicted octanol–water partition coefficient (Wildman–Crippen LogP) is 3.57. The van der Waals surface area contributed by atoms with E-state index in [9.17, 15) is 9.59 Å². The fourth-order valence-corrected chi connectivity index (χ4v) is 1.99. The lowest BCUT2D eigenvalue weighted by Gasteiger charge is -2.08.